The number of piperidine rings is 1. The van der Waals surface area contributed by atoms with Crippen LogP contribution in [-0.4, -0.2) is 77.9 Å². The third-order valence-corrected chi connectivity index (χ3v) is 9.46. The van der Waals surface area contributed by atoms with Crippen LogP contribution in [0.5, 0.6) is 0 Å². The van der Waals surface area contributed by atoms with E-state index in [0.29, 0.717) is 51.4 Å². The number of aromatic nitrogens is 1. The lowest BCUT2D eigenvalue weighted by molar-refractivity contribution is -0.138. The summed E-state index contributed by atoms with van der Waals surface area (Å²) in [5, 5.41) is 9.60. The lowest BCUT2D eigenvalue weighted by Crippen LogP contribution is -2.57. The molecule has 0 radical (unpaired) electrons. The van der Waals surface area contributed by atoms with Crippen molar-refractivity contribution >= 4 is 34.5 Å². The van der Waals surface area contributed by atoms with Crippen LogP contribution in [0.25, 0.3) is 10.9 Å². The normalized spacial score (nSPS) is 15.1. The van der Waals surface area contributed by atoms with E-state index < -0.39 is 29.9 Å². The van der Waals surface area contributed by atoms with Gasteiger partial charge in [0.1, 0.15) is 18.1 Å². The molecule has 4 aromatic rings. The van der Waals surface area contributed by atoms with E-state index in [1.807, 2.05) is 83.9 Å². The summed E-state index contributed by atoms with van der Waals surface area (Å²) < 4.78 is 5.69. The Hall–Kier alpha value is -5.00. The smallest absolute Gasteiger partial charge is 0.245 e. The predicted molar refractivity (Wildman–Crippen MR) is 197 cm³/mol. The van der Waals surface area contributed by atoms with Crippen LogP contribution in [0.3, 0.4) is 0 Å². The minimum atomic E-state index is -1.00. The number of aromatic amines is 1. The van der Waals surface area contributed by atoms with Crippen LogP contribution >= 0.6 is 0 Å². The number of hydrogen-bond acceptors (Lipinski definition) is 6. The van der Waals surface area contributed by atoms with Gasteiger partial charge in [-0.3, -0.25) is 19.2 Å². The van der Waals surface area contributed by atoms with Crippen LogP contribution in [0.1, 0.15) is 61.6 Å². The second kappa shape index (κ2) is 18.8. The summed E-state index contributed by atoms with van der Waals surface area (Å²) in [7, 11) is 0. The number of ether oxygens (including phenoxy) is 1. The number of amides is 4. The van der Waals surface area contributed by atoms with Crippen molar-refractivity contribution in [2.45, 2.75) is 76.1 Å². The van der Waals surface area contributed by atoms with Crippen LogP contribution in [-0.2, 0) is 36.9 Å². The molecule has 1 fully saturated rings. The fraction of sp³-hybridized carbons (Fsp3) is 0.400. The Balaban J connectivity index is 1.28. The molecule has 1 aliphatic heterocycles. The zero-order chi connectivity index (χ0) is 36.0. The highest BCUT2D eigenvalue weighted by Crippen LogP contribution is 2.28. The van der Waals surface area contributed by atoms with Gasteiger partial charge in [0.25, 0.3) is 0 Å². The maximum absolute atomic E-state index is 14.2. The first kappa shape index (κ1) is 37.3. The van der Waals surface area contributed by atoms with Gasteiger partial charge >= 0.3 is 0 Å². The number of benzene rings is 3. The number of fused-ring (bicyclic) bond motifs is 1. The van der Waals surface area contributed by atoms with Gasteiger partial charge in [-0.15, -0.1) is 0 Å². The van der Waals surface area contributed by atoms with Crippen molar-refractivity contribution in [3.05, 3.63) is 108 Å². The average molecular weight is 695 g/mol. The monoisotopic (exact) mass is 694 g/mol. The van der Waals surface area contributed by atoms with E-state index in [2.05, 4.69) is 33.1 Å². The zero-order valence-corrected chi connectivity index (χ0v) is 29.3. The molecule has 4 amide bonds. The maximum atomic E-state index is 14.2. The minimum absolute atomic E-state index is 0.0296. The number of unbranched alkanes of at least 4 members (excludes halogenated alkanes) is 1. The second-order valence-electron chi connectivity index (χ2n) is 13.3. The van der Waals surface area contributed by atoms with Crippen LogP contribution in [0, 0.1) is 0 Å². The highest BCUT2D eigenvalue weighted by atomic mass is 16.5. The number of nitrogens with zero attached hydrogens (tertiary/aromatic N) is 1. The van der Waals surface area contributed by atoms with Crippen molar-refractivity contribution in [2.75, 3.05) is 26.2 Å². The summed E-state index contributed by atoms with van der Waals surface area (Å²) in [5.74, 6) is -0.896. The first-order chi connectivity index (χ1) is 24.8. The molecule has 2 heterocycles. The van der Waals surface area contributed by atoms with Crippen LogP contribution in [0.2, 0.25) is 0 Å². The van der Waals surface area contributed by atoms with Crippen molar-refractivity contribution in [2.24, 2.45) is 5.73 Å². The zero-order valence-electron chi connectivity index (χ0n) is 29.3. The third kappa shape index (κ3) is 11.0. The van der Waals surface area contributed by atoms with Crippen molar-refractivity contribution in [3.63, 3.8) is 0 Å². The molecule has 6 N–H and O–H groups in total. The fourth-order valence-electron chi connectivity index (χ4n) is 6.61. The largest absolute Gasteiger partial charge is 0.375 e. The lowest BCUT2D eigenvalue weighted by atomic mass is 9.89. The SMILES string of the molecule is CC(=O)NCCCC[C@H](NC(=O)[C@@H](N)COCc1ccccc1)C(=O)N[C@@H](Cc1c[nH]c2ccccc12)C(=O)N1CCC(c2ccccc2)CC1. The Labute approximate surface area is 299 Å². The number of carbonyl (C=O) groups excluding carboxylic acids is 4. The first-order valence-electron chi connectivity index (χ1n) is 17.9. The molecule has 5 rings (SSSR count). The Morgan fingerprint density at radius 3 is 2.25 bits per heavy atom. The lowest BCUT2D eigenvalue weighted by Gasteiger charge is -2.35. The van der Waals surface area contributed by atoms with Gasteiger partial charge < -0.3 is 36.3 Å². The quantitative estimate of drug-likeness (QED) is 0.105. The highest BCUT2D eigenvalue weighted by molar-refractivity contribution is 5.94. The van der Waals surface area contributed by atoms with E-state index in [1.165, 1.54) is 12.5 Å². The number of rotatable bonds is 17. The van der Waals surface area contributed by atoms with Crippen molar-refractivity contribution in [1.29, 1.82) is 0 Å². The third-order valence-electron chi connectivity index (χ3n) is 9.46. The summed E-state index contributed by atoms with van der Waals surface area (Å²) in [6.45, 7) is 3.34. The van der Waals surface area contributed by atoms with Gasteiger partial charge in [0, 0.05) is 50.1 Å². The summed E-state index contributed by atoms with van der Waals surface area (Å²) in [6, 6.07) is 25.0. The number of nitrogens with one attached hydrogen (secondary N) is 4. The number of hydrogen-bond donors (Lipinski definition) is 5. The Kier molecular flexibility index (Phi) is 13.8. The molecule has 0 bridgehead atoms. The van der Waals surface area contributed by atoms with Gasteiger partial charge in [0.05, 0.1) is 13.2 Å². The topological polar surface area (TPSA) is 159 Å². The molecular weight excluding hydrogens is 644 g/mol. The van der Waals surface area contributed by atoms with E-state index in [4.69, 9.17) is 10.5 Å². The van der Waals surface area contributed by atoms with Crippen LogP contribution in [0.4, 0.5) is 0 Å². The Bertz CT molecular complexity index is 1720. The number of nitrogens with two attached hydrogens (primary N) is 1. The molecular formula is C40H50N6O5. The molecule has 1 saturated heterocycles. The molecule has 1 aliphatic rings. The molecule has 3 aromatic carbocycles. The summed E-state index contributed by atoms with van der Waals surface area (Å²) in [5.41, 5.74) is 10.3. The van der Waals surface area contributed by atoms with E-state index in [0.717, 1.165) is 34.9 Å². The molecule has 0 saturated carbocycles. The maximum Gasteiger partial charge on any atom is 0.245 e. The van der Waals surface area contributed by atoms with E-state index in [-0.39, 0.29) is 24.8 Å². The van der Waals surface area contributed by atoms with Gasteiger partial charge in [0.15, 0.2) is 0 Å². The number of carbonyl (C=O) groups is 4. The van der Waals surface area contributed by atoms with Gasteiger partial charge in [-0.25, -0.2) is 0 Å². The molecule has 11 nitrogen and oxygen atoms in total. The van der Waals surface area contributed by atoms with E-state index in [1.54, 1.807) is 0 Å². The predicted octanol–water partition coefficient (Wildman–Crippen LogP) is 3.94. The van der Waals surface area contributed by atoms with Crippen LogP contribution < -0.4 is 21.7 Å². The number of H-pyrrole nitrogens is 1. The summed E-state index contributed by atoms with van der Waals surface area (Å²) in [4.78, 5) is 58.0. The van der Waals surface area contributed by atoms with Crippen LogP contribution in [0.15, 0.2) is 91.1 Å². The Morgan fingerprint density at radius 2 is 1.53 bits per heavy atom. The second-order valence-corrected chi connectivity index (χ2v) is 13.3. The standard InChI is InChI=1S/C40H50N6O5/c1-28(47)42-21-11-10-18-36(44-38(48)34(41)27-51-26-29-12-4-2-5-13-29)39(49)45-37(24-32-25-43-35-17-9-8-16-33(32)35)40(50)46-22-19-31(20-23-46)30-14-6-3-7-15-30/h2-9,12-17,25,31,34,36-37,43H,10-11,18-24,26-27,41H2,1H3,(H,42,47)(H,44,48)(H,45,49)/t34-,36-,37-/m0/s1. The van der Waals surface area contributed by atoms with E-state index >= 15 is 0 Å². The fourth-order valence-corrected chi connectivity index (χ4v) is 6.61. The Morgan fingerprint density at radius 1 is 0.863 bits per heavy atom. The van der Waals surface area contributed by atoms with Crippen molar-refractivity contribution < 1.29 is 23.9 Å². The molecule has 11 heteroatoms. The number of likely N-dealkylation sites (tertiary alicyclic amines) is 1. The van der Waals surface area contributed by atoms with Crippen molar-refractivity contribution in [1.82, 2.24) is 25.8 Å². The highest BCUT2D eigenvalue weighted by Gasteiger charge is 2.33. The van der Waals surface area contributed by atoms with Crippen molar-refractivity contribution in [3.8, 4) is 0 Å². The molecule has 51 heavy (non-hydrogen) atoms. The van der Waals surface area contributed by atoms with Gasteiger partial charge in [-0.2, -0.15) is 0 Å². The minimum Gasteiger partial charge on any atom is -0.375 e. The van der Waals surface area contributed by atoms with Gasteiger partial charge in [-0.05, 0) is 60.8 Å². The molecule has 1 aromatic heterocycles. The molecule has 0 aliphatic carbocycles. The summed E-state index contributed by atoms with van der Waals surface area (Å²) in [6.07, 6.45) is 5.29. The van der Waals surface area contributed by atoms with Gasteiger partial charge in [0.2, 0.25) is 23.6 Å². The van der Waals surface area contributed by atoms with Gasteiger partial charge in [-0.1, -0.05) is 78.9 Å². The van der Waals surface area contributed by atoms with E-state index in [9.17, 15) is 19.2 Å². The number of para-hydroxylation sites is 1. The summed E-state index contributed by atoms with van der Waals surface area (Å²) >= 11 is 0. The molecule has 0 spiro atoms. The average Bonchev–Trinajstić information content (AvgIpc) is 3.56. The molecule has 0 unspecified atom stereocenters. The molecule has 3 atom stereocenters. The molecule has 270 valence electrons. The first-order valence-corrected chi connectivity index (χ1v) is 17.9.